The number of fused-ring (bicyclic) bond motifs is 2. The predicted octanol–water partition coefficient (Wildman–Crippen LogP) is 4.79. The number of aromatic nitrogens is 4. The lowest BCUT2D eigenvalue weighted by atomic mass is 9.90. The zero-order valence-corrected chi connectivity index (χ0v) is 26.5. The number of nitrogens with one attached hydrogen (secondary N) is 1. The van der Waals surface area contributed by atoms with Crippen LogP contribution in [0.5, 0.6) is 0 Å². The van der Waals surface area contributed by atoms with Crippen LogP contribution in [0.3, 0.4) is 0 Å². The highest BCUT2D eigenvalue weighted by Gasteiger charge is 2.47. The molecule has 4 heterocycles. The van der Waals surface area contributed by atoms with Crippen molar-refractivity contribution in [3.63, 3.8) is 0 Å². The lowest BCUT2D eigenvalue weighted by molar-refractivity contribution is -0.143. The molecule has 4 atom stereocenters. The summed E-state index contributed by atoms with van der Waals surface area (Å²) in [5.41, 5.74) is -0.989. The molecule has 2 aliphatic rings. The van der Waals surface area contributed by atoms with Crippen LogP contribution in [0, 0.1) is 40.1 Å². The van der Waals surface area contributed by atoms with E-state index >= 15 is 0 Å². The number of carbonyl (C=O) groups excluding carboxylic acids is 1. The molecule has 0 aliphatic carbocycles. The summed E-state index contributed by atoms with van der Waals surface area (Å²) in [5, 5.41) is 51.1. The van der Waals surface area contributed by atoms with Crippen molar-refractivity contribution in [2.45, 2.75) is 49.0 Å². The number of halogens is 3. The number of imidazole rings is 2. The molecule has 3 aromatic carbocycles. The van der Waals surface area contributed by atoms with Crippen molar-refractivity contribution >= 4 is 17.6 Å². The van der Waals surface area contributed by atoms with Crippen molar-refractivity contribution in [3.05, 3.63) is 137 Å². The summed E-state index contributed by atoms with van der Waals surface area (Å²) in [5.74, 6) is -3.16. The predicted molar refractivity (Wildman–Crippen MR) is 172 cm³/mol. The van der Waals surface area contributed by atoms with Gasteiger partial charge in [0, 0.05) is 29.7 Å². The summed E-state index contributed by atoms with van der Waals surface area (Å²) >= 11 is 0. The first kappa shape index (κ1) is 34.6. The number of benzene rings is 3. The van der Waals surface area contributed by atoms with Gasteiger partial charge in [0.1, 0.15) is 28.7 Å². The molecule has 2 aliphatic heterocycles. The SMILES string of the molecule is N#Cc1ccc([C@H]2C[C@](O)(CC(=O)Nc3ccc(F)cc3)c3cncn32)c(F)c1.N#Cc1ccc([C@H]2C[C@](O)(CC(=O)O)c3cncn32)c(F)c1. The Balaban J connectivity index is 0.000000183. The lowest BCUT2D eigenvalue weighted by Crippen LogP contribution is -2.29. The summed E-state index contributed by atoms with van der Waals surface area (Å²) in [6.45, 7) is 0. The number of nitrogens with zero attached hydrogens (tertiary/aromatic N) is 6. The number of nitriles is 2. The Morgan fingerprint density at radius 1 is 0.784 bits per heavy atom. The molecular weight excluding hydrogens is 667 g/mol. The summed E-state index contributed by atoms with van der Waals surface area (Å²) in [6.07, 6.45) is 5.13. The van der Waals surface area contributed by atoms with Gasteiger partial charge in [-0.25, -0.2) is 23.1 Å². The first-order valence-electron chi connectivity index (χ1n) is 15.5. The number of carboxylic acid groups (broad SMARTS) is 1. The van der Waals surface area contributed by atoms with Gasteiger partial charge in [-0.1, -0.05) is 12.1 Å². The number of carboxylic acids is 1. The zero-order valence-electron chi connectivity index (χ0n) is 26.5. The van der Waals surface area contributed by atoms with Crippen LogP contribution < -0.4 is 5.32 Å². The minimum atomic E-state index is -1.59. The third kappa shape index (κ3) is 6.81. The van der Waals surface area contributed by atoms with Gasteiger partial charge in [0.05, 0.1) is 84.6 Å². The topological polar surface area (TPSA) is 190 Å². The molecule has 0 unspecified atom stereocenters. The fourth-order valence-electron chi connectivity index (χ4n) is 6.71. The first-order valence-corrected chi connectivity index (χ1v) is 15.5. The minimum Gasteiger partial charge on any atom is -0.481 e. The number of aliphatic hydroxyl groups is 2. The van der Waals surface area contributed by atoms with Crippen molar-refractivity contribution in [2.75, 3.05) is 5.32 Å². The van der Waals surface area contributed by atoms with E-state index in [9.17, 15) is 33.0 Å². The van der Waals surface area contributed by atoms with Crippen LogP contribution in [0.2, 0.25) is 0 Å². The Morgan fingerprint density at radius 2 is 1.25 bits per heavy atom. The highest BCUT2D eigenvalue weighted by atomic mass is 19.1. The maximum absolute atomic E-state index is 14.5. The van der Waals surface area contributed by atoms with Gasteiger partial charge in [-0.3, -0.25) is 9.59 Å². The Labute approximate surface area is 288 Å². The second kappa shape index (κ2) is 13.5. The van der Waals surface area contributed by atoms with Crippen molar-refractivity contribution in [2.24, 2.45) is 0 Å². The van der Waals surface area contributed by atoms with Gasteiger partial charge in [-0.2, -0.15) is 10.5 Å². The van der Waals surface area contributed by atoms with Crippen molar-refractivity contribution in [1.82, 2.24) is 19.1 Å². The molecule has 0 bridgehead atoms. The largest absolute Gasteiger partial charge is 0.481 e. The van der Waals surface area contributed by atoms with E-state index in [1.807, 2.05) is 12.1 Å². The second-order valence-electron chi connectivity index (χ2n) is 12.4. The van der Waals surface area contributed by atoms with Crippen LogP contribution in [-0.4, -0.2) is 46.3 Å². The van der Waals surface area contributed by atoms with Crippen LogP contribution in [0.15, 0.2) is 85.7 Å². The number of anilines is 1. The lowest BCUT2D eigenvalue weighted by Gasteiger charge is -2.22. The summed E-state index contributed by atoms with van der Waals surface area (Å²) < 4.78 is 45.0. The maximum Gasteiger partial charge on any atom is 0.306 e. The molecule has 0 saturated carbocycles. The van der Waals surface area contributed by atoms with E-state index in [1.165, 1.54) is 73.6 Å². The summed E-state index contributed by atoms with van der Waals surface area (Å²) in [6, 6.07) is 16.2. The molecule has 0 fully saturated rings. The number of amides is 1. The quantitative estimate of drug-likeness (QED) is 0.185. The molecule has 4 N–H and O–H groups in total. The second-order valence-corrected chi connectivity index (χ2v) is 12.4. The van der Waals surface area contributed by atoms with E-state index in [-0.39, 0.29) is 30.4 Å². The molecule has 0 saturated heterocycles. The fraction of sp³-hybridized carbons (Fsp3) is 0.222. The monoisotopic (exact) mass is 695 g/mol. The van der Waals surface area contributed by atoms with Gasteiger partial charge in [0.15, 0.2) is 0 Å². The first-order chi connectivity index (χ1) is 24.3. The molecule has 5 aromatic rings. The highest BCUT2D eigenvalue weighted by molar-refractivity contribution is 5.91. The smallest absolute Gasteiger partial charge is 0.306 e. The molecular formula is C36H28F3N7O5. The number of carbonyl (C=O) groups is 2. The van der Waals surface area contributed by atoms with E-state index in [1.54, 1.807) is 9.13 Å². The van der Waals surface area contributed by atoms with Gasteiger partial charge in [-0.15, -0.1) is 0 Å². The van der Waals surface area contributed by atoms with E-state index in [4.69, 9.17) is 15.6 Å². The molecule has 2 aromatic heterocycles. The molecule has 12 nitrogen and oxygen atoms in total. The van der Waals surface area contributed by atoms with Gasteiger partial charge >= 0.3 is 5.97 Å². The van der Waals surface area contributed by atoms with E-state index in [0.29, 0.717) is 28.2 Å². The Kier molecular flexibility index (Phi) is 9.18. The number of hydrogen-bond donors (Lipinski definition) is 4. The summed E-state index contributed by atoms with van der Waals surface area (Å²) in [7, 11) is 0. The average molecular weight is 696 g/mol. The zero-order chi connectivity index (χ0) is 36.5. The highest BCUT2D eigenvalue weighted by Crippen LogP contribution is 2.46. The van der Waals surface area contributed by atoms with Crippen LogP contribution in [0.1, 0.15) is 71.4 Å². The normalized spacial score (nSPS) is 21.4. The average Bonchev–Trinajstić information content (AvgIpc) is 3.87. The van der Waals surface area contributed by atoms with Gasteiger partial charge in [0.2, 0.25) is 5.91 Å². The van der Waals surface area contributed by atoms with Crippen molar-refractivity contribution in [3.8, 4) is 12.1 Å². The Bertz CT molecular complexity index is 2220. The molecule has 0 spiro atoms. The molecule has 258 valence electrons. The molecule has 15 heteroatoms. The number of hydrogen-bond acceptors (Lipinski definition) is 8. The van der Waals surface area contributed by atoms with Crippen molar-refractivity contribution < 1.29 is 38.1 Å². The fourth-order valence-corrected chi connectivity index (χ4v) is 6.71. The van der Waals surface area contributed by atoms with Gasteiger partial charge in [0.25, 0.3) is 0 Å². The van der Waals surface area contributed by atoms with Crippen LogP contribution in [0.4, 0.5) is 18.9 Å². The van der Waals surface area contributed by atoms with Crippen LogP contribution in [-0.2, 0) is 20.8 Å². The number of rotatable bonds is 7. The summed E-state index contributed by atoms with van der Waals surface area (Å²) in [4.78, 5) is 31.4. The third-order valence-electron chi connectivity index (χ3n) is 9.02. The molecule has 51 heavy (non-hydrogen) atoms. The number of aliphatic carboxylic acids is 1. The Morgan fingerprint density at radius 3 is 1.69 bits per heavy atom. The van der Waals surface area contributed by atoms with Gasteiger partial charge < -0.3 is 29.8 Å². The standard InChI is InChI=1S/C21H16F2N4O2.C15H12FN3O3/c22-14-2-4-15(5-3-14)26-20(28)9-21(29)8-18(27-12-25-11-19(21)27)16-6-1-13(10-24)7-17(16)23;16-11-3-9(6-17)1-2-10(11)12-4-15(22,5-14(20)21)13-7-18-8-19(12)13/h1-7,11-12,18,29H,8-9H2,(H,26,28);1-3,7-8,12,22H,4-5H2,(H,20,21)/t18-,21+;12-,15+/m11/s1. The molecule has 7 rings (SSSR count). The molecule has 1 amide bonds. The van der Waals surface area contributed by atoms with E-state index in [0.717, 1.165) is 12.1 Å². The molecule has 0 radical (unpaired) electrons. The third-order valence-corrected chi connectivity index (χ3v) is 9.02. The Hall–Kier alpha value is -6.29. The van der Waals surface area contributed by atoms with Crippen LogP contribution in [0.25, 0.3) is 0 Å². The maximum atomic E-state index is 14.5. The minimum absolute atomic E-state index is 0.0416. The van der Waals surface area contributed by atoms with E-state index in [2.05, 4.69) is 15.3 Å². The van der Waals surface area contributed by atoms with Crippen LogP contribution >= 0.6 is 0 Å². The van der Waals surface area contributed by atoms with Gasteiger partial charge in [-0.05, 0) is 48.5 Å². The van der Waals surface area contributed by atoms with E-state index < -0.39 is 59.0 Å². The van der Waals surface area contributed by atoms with Crippen molar-refractivity contribution in [1.29, 1.82) is 10.5 Å².